The number of hydrogen-bond acceptors (Lipinski definition) is 3. The van der Waals surface area contributed by atoms with E-state index in [-0.39, 0.29) is 0 Å². The Morgan fingerprint density at radius 3 is 2.24 bits per heavy atom. The van der Waals surface area contributed by atoms with Crippen LogP contribution >= 0.6 is 0 Å². The van der Waals surface area contributed by atoms with Crippen LogP contribution in [0.1, 0.15) is 26.7 Å². The topological polar surface area (TPSA) is 26.8 Å². The lowest BCUT2D eigenvalue weighted by atomic mass is 10.2. The minimum atomic E-state index is 0.329. The Hall–Kier alpha value is -0.610. The van der Waals surface area contributed by atoms with Crippen LogP contribution in [0.25, 0.3) is 0 Å². The van der Waals surface area contributed by atoms with E-state index < -0.39 is 0 Å². The van der Waals surface area contributed by atoms with E-state index in [1.54, 1.807) is 0 Å². The van der Waals surface area contributed by atoms with Crippen molar-refractivity contribution in [3.05, 3.63) is 0 Å². The zero-order chi connectivity index (χ0) is 12.8. The smallest absolute Gasteiger partial charge is 0.222 e. The molecule has 1 heterocycles. The quantitative estimate of drug-likeness (QED) is 0.715. The first-order chi connectivity index (χ1) is 8.00. The van der Waals surface area contributed by atoms with Crippen molar-refractivity contribution in [1.82, 2.24) is 14.7 Å². The monoisotopic (exact) mass is 241 g/mol. The minimum Gasteiger partial charge on any atom is -0.340 e. The summed E-state index contributed by atoms with van der Waals surface area (Å²) in [6.07, 6.45) is 1.66. The van der Waals surface area contributed by atoms with Crippen LogP contribution in [0.15, 0.2) is 0 Å². The van der Waals surface area contributed by atoms with E-state index in [1.165, 1.54) is 0 Å². The average Bonchev–Trinajstić information content (AvgIpc) is 2.28. The Kier molecular flexibility index (Phi) is 5.92. The van der Waals surface area contributed by atoms with Crippen molar-refractivity contribution in [2.75, 3.05) is 46.8 Å². The van der Waals surface area contributed by atoms with Gasteiger partial charge < -0.3 is 9.80 Å². The molecule has 4 nitrogen and oxygen atoms in total. The summed E-state index contributed by atoms with van der Waals surface area (Å²) in [4.78, 5) is 18.5. The van der Waals surface area contributed by atoms with E-state index in [0.29, 0.717) is 18.4 Å². The third-order valence-electron chi connectivity index (χ3n) is 3.39. The molecule has 1 saturated heterocycles. The molecule has 0 spiro atoms. The zero-order valence-corrected chi connectivity index (χ0v) is 11.8. The highest BCUT2D eigenvalue weighted by atomic mass is 16.2. The molecule has 0 unspecified atom stereocenters. The summed E-state index contributed by atoms with van der Waals surface area (Å²) >= 11 is 0. The Labute approximate surface area is 106 Å². The fraction of sp³-hybridized carbons (Fsp3) is 0.923. The van der Waals surface area contributed by atoms with Crippen molar-refractivity contribution < 1.29 is 4.79 Å². The zero-order valence-electron chi connectivity index (χ0n) is 11.8. The van der Waals surface area contributed by atoms with Gasteiger partial charge in [-0.1, -0.05) is 0 Å². The molecule has 0 radical (unpaired) electrons. The lowest BCUT2D eigenvalue weighted by molar-refractivity contribution is -0.133. The third-order valence-corrected chi connectivity index (χ3v) is 3.39. The second-order valence-electron chi connectivity index (χ2n) is 5.42. The predicted molar refractivity (Wildman–Crippen MR) is 71.1 cm³/mol. The molecule has 1 aliphatic rings. The SMILES string of the molecule is CC(C)N1CCN(C(=O)CCCN(C)C)CC1. The van der Waals surface area contributed by atoms with Gasteiger partial charge in [0.25, 0.3) is 0 Å². The molecule has 1 fully saturated rings. The minimum absolute atomic E-state index is 0.329. The van der Waals surface area contributed by atoms with Gasteiger partial charge in [0, 0.05) is 38.6 Å². The Balaban J connectivity index is 2.21. The molecule has 1 aliphatic heterocycles. The van der Waals surface area contributed by atoms with Crippen molar-refractivity contribution in [3.8, 4) is 0 Å². The number of rotatable bonds is 5. The van der Waals surface area contributed by atoms with Crippen LogP contribution in [0.3, 0.4) is 0 Å². The molecule has 0 aromatic rings. The molecule has 1 amide bonds. The van der Waals surface area contributed by atoms with E-state index in [1.807, 2.05) is 19.0 Å². The Morgan fingerprint density at radius 1 is 1.18 bits per heavy atom. The van der Waals surface area contributed by atoms with Gasteiger partial charge in [0.05, 0.1) is 0 Å². The molecular weight excluding hydrogens is 214 g/mol. The number of nitrogens with zero attached hydrogens (tertiary/aromatic N) is 3. The van der Waals surface area contributed by atoms with Gasteiger partial charge in [0.15, 0.2) is 0 Å². The van der Waals surface area contributed by atoms with Crippen molar-refractivity contribution in [1.29, 1.82) is 0 Å². The van der Waals surface area contributed by atoms with Crippen LogP contribution in [0.2, 0.25) is 0 Å². The summed E-state index contributed by atoms with van der Waals surface area (Å²) in [5.74, 6) is 0.329. The van der Waals surface area contributed by atoms with Gasteiger partial charge in [-0.3, -0.25) is 9.69 Å². The second kappa shape index (κ2) is 6.97. The summed E-state index contributed by atoms with van der Waals surface area (Å²) in [5.41, 5.74) is 0. The number of hydrogen-bond donors (Lipinski definition) is 0. The Morgan fingerprint density at radius 2 is 1.76 bits per heavy atom. The number of carbonyl (C=O) groups excluding carboxylic acids is 1. The van der Waals surface area contributed by atoms with E-state index in [9.17, 15) is 4.79 Å². The van der Waals surface area contributed by atoms with Crippen LogP contribution in [0, 0.1) is 0 Å². The van der Waals surface area contributed by atoms with Gasteiger partial charge in [-0.15, -0.1) is 0 Å². The van der Waals surface area contributed by atoms with Crippen LogP contribution < -0.4 is 0 Å². The fourth-order valence-corrected chi connectivity index (χ4v) is 2.19. The summed E-state index contributed by atoms with van der Waals surface area (Å²) < 4.78 is 0. The first-order valence-electron chi connectivity index (χ1n) is 6.67. The largest absolute Gasteiger partial charge is 0.340 e. The van der Waals surface area contributed by atoms with Gasteiger partial charge in [-0.2, -0.15) is 0 Å². The molecule has 1 rings (SSSR count). The van der Waals surface area contributed by atoms with E-state index in [0.717, 1.165) is 39.1 Å². The highest BCUT2D eigenvalue weighted by Gasteiger charge is 2.21. The summed E-state index contributed by atoms with van der Waals surface area (Å²) in [6, 6.07) is 0.598. The molecule has 0 bridgehead atoms. The van der Waals surface area contributed by atoms with Crippen LogP contribution in [0.4, 0.5) is 0 Å². The van der Waals surface area contributed by atoms with Crippen LogP contribution in [0.5, 0.6) is 0 Å². The Bertz CT molecular complexity index is 233. The summed E-state index contributed by atoms with van der Waals surface area (Å²) in [6.45, 7) is 9.28. The predicted octanol–water partition coefficient (Wildman–Crippen LogP) is 0.881. The van der Waals surface area contributed by atoms with E-state index >= 15 is 0 Å². The molecule has 0 atom stereocenters. The third kappa shape index (κ3) is 5.04. The van der Waals surface area contributed by atoms with Gasteiger partial charge in [-0.25, -0.2) is 0 Å². The van der Waals surface area contributed by atoms with Gasteiger partial charge in [-0.05, 0) is 40.9 Å². The standard InChI is InChI=1S/C13H27N3O/c1-12(2)15-8-10-16(11-9-15)13(17)6-5-7-14(3)4/h12H,5-11H2,1-4H3. The first-order valence-corrected chi connectivity index (χ1v) is 6.67. The fourth-order valence-electron chi connectivity index (χ4n) is 2.19. The summed E-state index contributed by atoms with van der Waals surface area (Å²) in [7, 11) is 4.10. The first kappa shape index (κ1) is 14.5. The molecule has 0 N–H and O–H groups in total. The van der Waals surface area contributed by atoms with Crippen LogP contribution in [-0.2, 0) is 4.79 Å². The van der Waals surface area contributed by atoms with E-state index in [2.05, 4.69) is 23.6 Å². The maximum absolute atomic E-state index is 11.9. The lowest BCUT2D eigenvalue weighted by Crippen LogP contribution is -2.50. The van der Waals surface area contributed by atoms with Crippen molar-refractivity contribution in [2.45, 2.75) is 32.7 Å². The molecule has 0 aliphatic carbocycles. The van der Waals surface area contributed by atoms with Gasteiger partial charge in [0.2, 0.25) is 5.91 Å². The van der Waals surface area contributed by atoms with E-state index in [4.69, 9.17) is 0 Å². The lowest BCUT2D eigenvalue weighted by Gasteiger charge is -2.37. The molecule has 0 saturated carbocycles. The highest BCUT2D eigenvalue weighted by molar-refractivity contribution is 5.76. The highest BCUT2D eigenvalue weighted by Crippen LogP contribution is 2.08. The van der Waals surface area contributed by atoms with Crippen molar-refractivity contribution in [3.63, 3.8) is 0 Å². The maximum atomic E-state index is 11.9. The number of piperazine rings is 1. The number of amides is 1. The number of carbonyl (C=O) groups is 1. The molecule has 17 heavy (non-hydrogen) atoms. The maximum Gasteiger partial charge on any atom is 0.222 e. The van der Waals surface area contributed by atoms with Crippen molar-refractivity contribution >= 4 is 5.91 Å². The van der Waals surface area contributed by atoms with Gasteiger partial charge in [0.1, 0.15) is 0 Å². The molecule has 4 heteroatoms. The van der Waals surface area contributed by atoms with Gasteiger partial charge >= 0.3 is 0 Å². The normalized spacial score (nSPS) is 18.1. The second-order valence-corrected chi connectivity index (χ2v) is 5.42. The molecule has 0 aromatic heterocycles. The van der Waals surface area contributed by atoms with Crippen molar-refractivity contribution in [2.24, 2.45) is 0 Å². The molecule has 0 aromatic carbocycles. The molecular formula is C13H27N3O. The average molecular weight is 241 g/mol. The van der Waals surface area contributed by atoms with Crippen LogP contribution in [-0.4, -0.2) is 73.5 Å². The summed E-state index contributed by atoms with van der Waals surface area (Å²) in [5, 5.41) is 0. The molecule has 100 valence electrons.